The third-order valence-electron chi connectivity index (χ3n) is 2.44. The lowest BCUT2D eigenvalue weighted by atomic mass is 10.2. The van der Waals surface area contributed by atoms with Gasteiger partial charge in [-0.25, -0.2) is 0 Å². The molecule has 4 heteroatoms. The van der Waals surface area contributed by atoms with Gasteiger partial charge in [0.2, 0.25) is 0 Å². The van der Waals surface area contributed by atoms with Crippen molar-refractivity contribution in [2.75, 3.05) is 20.2 Å². The lowest BCUT2D eigenvalue weighted by Gasteiger charge is -2.21. The summed E-state index contributed by atoms with van der Waals surface area (Å²) in [5, 5.41) is 0. The molecule has 14 heavy (non-hydrogen) atoms. The molecule has 0 aliphatic carbocycles. The Bertz CT molecular complexity index is 191. The summed E-state index contributed by atoms with van der Waals surface area (Å²) in [5.74, 6) is 0.135. The van der Waals surface area contributed by atoms with Crippen molar-refractivity contribution in [1.29, 1.82) is 0 Å². The van der Waals surface area contributed by atoms with E-state index in [1.54, 1.807) is 4.90 Å². The number of likely N-dealkylation sites (N-methyl/N-ethyl adjacent to an activating group) is 1. The third kappa shape index (κ3) is 3.58. The van der Waals surface area contributed by atoms with Crippen molar-refractivity contribution in [3.63, 3.8) is 0 Å². The highest BCUT2D eigenvalue weighted by Crippen LogP contribution is 2.14. The molecule has 0 bridgehead atoms. The van der Waals surface area contributed by atoms with Crippen LogP contribution in [0.2, 0.25) is 0 Å². The number of nitrogens with zero attached hydrogens (tertiary/aromatic N) is 1. The van der Waals surface area contributed by atoms with Gasteiger partial charge in [0.25, 0.3) is 5.91 Å². The van der Waals surface area contributed by atoms with Crippen LogP contribution in [-0.2, 0) is 9.53 Å². The minimum absolute atomic E-state index is 0.135. The van der Waals surface area contributed by atoms with Crippen molar-refractivity contribution in [2.45, 2.75) is 37.1 Å². The number of carbonyl (C=O) groups excluding carboxylic acids is 1. The number of ether oxygens (including phenoxy) is 1. The van der Waals surface area contributed by atoms with Crippen LogP contribution in [0.5, 0.6) is 0 Å². The van der Waals surface area contributed by atoms with Crippen LogP contribution in [0.3, 0.4) is 0 Å². The van der Waals surface area contributed by atoms with E-state index in [-0.39, 0.29) is 12.0 Å². The smallest absolute Gasteiger partial charge is 0.251 e. The second-order valence-electron chi connectivity index (χ2n) is 3.83. The molecule has 0 aromatic heterocycles. The van der Waals surface area contributed by atoms with Gasteiger partial charge >= 0.3 is 0 Å². The number of alkyl halides is 1. The highest BCUT2D eigenvalue weighted by molar-refractivity contribution is 9.09. The van der Waals surface area contributed by atoms with Gasteiger partial charge in [0.05, 0.1) is 0 Å². The van der Waals surface area contributed by atoms with Crippen molar-refractivity contribution >= 4 is 21.8 Å². The van der Waals surface area contributed by atoms with Crippen LogP contribution in [-0.4, -0.2) is 41.9 Å². The summed E-state index contributed by atoms with van der Waals surface area (Å²) < 4.78 is 5.34. The highest BCUT2D eigenvalue weighted by atomic mass is 79.9. The Morgan fingerprint density at radius 3 is 2.93 bits per heavy atom. The molecule has 0 N–H and O–H groups in total. The van der Waals surface area contributed by atoms with Crippen LogP contribution in [0.25, 0.3) is 0 Å². The maximum Gasteiger partial charge on any atom is 0.251 e. The number of halogens is 1. The van der Waals surface area contributed by atoms with Crippen molar-refractivity contribution in [3.05, 3.63) is 0 Å². The summed E-state index contributed by atoms with van der Waals surface area (Å²) in [5.41, 5.74) is 0. The van der Waals surface area contributed by atoms with Gasteiger partial charge in [-0.15, -0.1) is 0 Å². The molecule has 3 nitrogen and oxygen atoms in total. The molecule has 2 atom stereocenters. The van der Waals surface area contributed by atoms with E-state index in [4.69, 9.17) is 4.74 Å². The number of amides is 1. The standard InChI is InChI=1S/C10H18BrNO2/c1-8(11)5-6-12(2)10(13)9-4-3-7-14-9/h8-9H,3-7H2,1-2H3. The van der Waals surface area contributed by atoms with Gasteiger partial charge in [-0.2, -0.15) is 0 Å². The molecule has 1 aliphatic rings. The zero-order chi connectivity index (χ0) is 10.6. The van der Waals surface area contributed by atoms with Crippen molar-refractivity contribution in [1.82, 2.24) is 4.90 Å². The number of hydrogen-bond acceptors (Lipinski definition) is 2. The zero-order valence-electron chi connectivity index (χ0n) is 8.83. The molecule has 0 radical (unpaired) electrons. The van der Waals surface area contributed by atoms with Crippen LogP contribution < -0.4 is 0 Å². The van der Waals surface area contributed by atoms with Crippen LogP contribution in [0.15, 0.2) is 0 Å². The van der Waals surface area contributed by atoms with Crippen molar-refractivity contribution in [2.24, 2.45) is 0 Å². The predicted octanol–water partition coefficient (Wildman–Crippen LogP) is 1.80. The Kier molecular flexibility index (Phi) is 4.89. The van der Waals surface area contributed by atoms with E-state index < -0.39 is 0 Å². The van der Waals surface area contributed by atoms with Gasteiger partial charge in [-0.3, -0.25) is 4.79 Å². The minimum Gasteiger partial charge on any atom is -0.368 e. The van der Waals surface area contributed by atoms with E-state index in [9.17, 15) is 4.79 Å². The van der Waals surface area contributed by atoms with Gasteiger partial charge in [0.15, 0.2) is 0 Å². The molecule has 1 saturated heterocycles. The first-order valence-corrected chi connectivity index (χ1v) is 6.03. The zero-order valence-corrected chi connectivity index (χ0v) is 10.4. The SMILES string of the molecule is CC(Br)CCN(C)C(=O)C1CCCO1. The summed E-state index contributed by atoms with van der Waals surface area (Å²) in [6.07, 6.45) is 2.70. The molecular weight excluding hydrogens is 246 g/mol. The number of carbonyl (C=O) groups is 1. The lowest BCUT2D eigenvalue weighted by molar-refractivity contribution is -0.139. The summed E-state index contributed by atoms with van der Waals surface area (Å²) >= 11 is 3.47. The van der Waals surface area contributed by atoms with E-state index in [1.807, 2.05) is 7.05 Å². The molecule has 1 heterocycles. The Morgan fingerprint density at radius 1 is 1.71 bits per heavy atom. The van der Waals surface area contributed by atoms with Gasteiger partial charge in [-0.1, -0.05) is 22.9 Å². The molecule has 82 valence electrons. The quantitative estimate of drug-likeness (QED) is 0.724. The lowest BCUT2D eigenvalue weighted by Crippen LogP contribution is -2.37. The number of rotatable bonds is 4. The maximum atomic E-state index is 11.7. The first-order chi connectivity index (χ1) is 6.61. The van der Waals surface area contributed by atoms with Crippen molar-refractivity contribution in [3.8, 4) is 0 Å². The summed E-state index contributed by atoms with van der Waals surface area (Å²) in [6, 6.07) is 0. The van der Waals surface area contributed by atoms with Crippen LogP contribution in [0.4, 0.5) is 0 Å². The van der Waals surface area contributed by atoms with Crippen molar-refractivity contribution < 1.29 is 9.53 Å². The number of hydrogen-bond donors (Lipinski definition) is 0. The predicted molar refractivity (Wildman–Crippen MR) is 59.6 cm³/mol. The van der Waals surface area contributed by atoms with Gasteiger partial charge in [-0.05, 0) is 19.3 Å². The minimum atomic E-state index is -0.175. The molecule has 0 aromatic rings. The Morgan fingerprint density at radius 2 is 2.43 bits per heavy atom. The fourth-order valence-electron chi connectivity index (χ4n) is 1.50. The van der Waals surface area contributed by atoms with E-state index in [0.717, 1.165) is 32.4 Å². The molecule has 1 rings (SSSR count). The van der Waals surface area contributed by atoms with E-state index in [0.29, 0.717) is 4.83 Å². The molecule has 1 aliphatic heterocycles. The third-order valence-corrected chi connectivity index (χ3v) is 2.90. The summed E-state index contributed by atoms with van der Waals surface area (Å²) in [6.45, 7) is 3.62. The summed E-state index contributed by atoms with van der Waals surface area (Å²) in [4.78, 5) is 14.0. The Hall–Kier alpha value is -0.0900. The fraction of sp³-hybridized carbons (Fsp3) is 0.900. The van der Waals surface area contributed by atoms with Crippen LogP contribution in [0, 0.1) is 0 Å². The molecule has 1 fully saturated rings. The van der Waals surface area contributed by atoms with Gasteiger partial charge < -0.3 is 9.64 Å². The Labute approximate surface area is 93.9 Å². The fourth-order valence-corrected chi connectivity index (χ4v) is 1.70. The van der Waals surface area contributed by atoms with Crippen LogP contribution in [0.1, 0.15) is 26.2 Å². The average Bonchev–Trinajstić information content (AvgIpc) is 2.65. The van der Waals surface area contributed by atoms with E-state index in [1.165, 1.54) is 0 Å². The first kappa shape index (κ1) is 12.0. The highest BCUT2D eigenvalue weighted by Gasteiger charge is 2.26. The first-order valence-electron chi connectivity index (χ1n) is 5.12. The van der Waals surface area contributed by atoms with Crippen LogP contribution >= 0.6 is 15.9 Å². The second kappa shape index (κ2) is 5.71. The molecular formula is C10H18BrNO2. The normalized spacial score (nSPS) is 23.5. The molecule has 2 unspecified atom stereocenters. The largest absolute Gasteiger partial charge is 0.368 e. The molecule has 0 saturated carbocycles. The van der Waals surface area contributed by atoms with Gasteiger partial charge in [0.1, 0.15) is 6.10 Å². The van der Waals surface area contributed by atoms with E-state index in [2.05, 4.69) is 22.9 Å². The molecule has 0 aromatic carbocycles. The Balaban J connectivity index is 2.28. The monoisotopic (exact) mass is 263 g/mol. The molecule has 1 amide bonds. The average molecular weight is 264 g/mol. The topological polar surface area (TPSA) is 29.5 Å². The summed E-state index contributed by atoms with van der Waals surface area (Å²) in [7, 11) is 1.85. The van der Waals surface area contributed by atoms with E-state index >= 15 is 0 Å². The second-order valence-corrected chi connectivity index (χ2v) is 5.39. The molecule has 0 spiro atoms. The maximum absolute atomic E-state index is 11.7. The van der Waals surface area contributed by atoms with Gasteiger partial charge in [0, 0.05) is 25.0 Å².